The molecule has 1 saturated heterocycles. The normalized spacial score (nSPS) is 14.3. The minimum atomic E-state index is -4.46. The van der Waals surface area contributed by atoms with Crippen molar-refractivity contribution in [1.82, 2.24) is 14.8 Å². The van der Waals surface area contributed by atoms with Crippen LogP contribution < -0.4 is 10.6 Å². The summed E-state index contributed by atoms with van der Waals surface area (Å²) in [6.45, 7) is 2.04. The van der Waals surface area contributed by atoms with E-state index in [1.807, 2.05) is 0 Å². The van der Waals surface area contributed by atoms with Crippen LogP contribution in [0.2, 0.25) is 0 Å². The number of aromatic nitrogens is 1. The molecule has 0 atom stereocenters. The van der Waals surface area contributed by atoms with Crippen molar-refractivity contribution in [3.8, 4) is 0 Å². The van der Waals surface area contributed by atoms with Crippen LogP contribution in [0.25, 0.3) is 10.9 Å². The van der Waals surface area contributed by atoms with E-state index >= 15 is 0 Å². The zero-order valence-corrected chi connectivity index (χ0v) is 18.0. The predicted octanol–water partition coefficient (Wildman–Crippen LogP) is 3.98. The molecular weight excluding hydrogens is 456 g/mol. The van der Waals surface area contributed by atoms with Crippen LogP contribution in [0.1, 0.15) is 11.1 Å². The van der Waals surface area contributed by atoms with Gasteiger partial charge in [-0.15, -0.1) is 0 Å². The number of amides is 3. The number of anilines is 1. The molecule has 180 valence electrons. The van der Waals surface area contributed by atoms with Crippen LogP contribution in [0.3, 0.4) is 0 Å². The number of urea groups is 1. The predicted molar refractivity (Wildman–Crippen MR) is 117 cm³/mol. The molecule has 0 saturated carbocycles. The van der Waals surface area contributed by atoms with Crippen molar-refractivity contribution >= 4 is 28.5 Å². The number of nitrogens with one attached hydrogen (secondary N) is 2. The van der Waals surface area contributed by atoms with Gasteiger partial charge in [-0.05, 0) is 48.0 Å². The maximum absolute atomic E-state index is 13.9. The van der Waals surface area contributed by atoms with Crippen molar-refractivity contribution in [2.45, 2.75) is 19.3 Å². The summed E-state index contributed by atoms with van der Waals surface area (Å²) in [6, 6.07) is 7.61. The number of rotatable bonds is 5. The summed E-state index contributed by atoms with van der Waals surface area (Å²) < 4.78 is 58.9. The fraction of sp³-hybridized carbons (Fsp3) is 0.304. The lowest BCUT2D eigenvalue weighted by Crippen LogP contribution is -2.42. The van der Waals surface area contributed by atoms with E-state index in [-0.39, 0.29) is 24.7 Å². The molecule has 4 rings (SSSR count). The fourth-order valence-electron chi connectivity index (χ4n) is 3.77. The average Bonchev–Trinajstić information content (AvgIpc) is 3.14. The molecule has 34 heavy (non-hydrogen) atoms. The minimum Gasteiger partial charge on any atom is -0.378 e. The molecule has 0 aliphatic carbocycles. The van der Waals surface area contributed by atoms with Gasteiger partial charge in [0.05, 0.1) is 18.8 Å². The van der Waals surface area contributed by atoms with Crippen LogP contribution in [0, 0.1) is 5.82 Å². The highest BCUT2D eigenvalue weighted by atomic mass is 19.4. The molecule has 3 amide bonds. The van der Waals surface area contributed by atoms with E-state index < -0.39 is 23.6 Å². The average molecular weight is 478 g/mol. The molecule has 7 nitrogen and oxygen atoms in total. The number of nitrogens with zero attached hydrogens (tertiary/aromatic N) is 2. The Kier molecular flexibility index (Phi) is 6.73. The third-order valence-corrected chi connectivity index (χ3v) is 5.50. The number of hydrogen-bond donors (Lipinski definition) is 2. The van der Waals surface area contributed by atoms with Crippen LogP contribution in [-0.4, -0.2) is 47.7 Å². The summed E-state index contributed by atoms with van der Waals surface area (Å²) >= 11 is 0. The molecule has 0 unspecified atom stereocenters. The highest BCUT2D eigenvalue weighted by Crippen LogP contribution is 2.30. The van der Waals surface area contributed by atoms with Crippen LogP contribution >= 0.6 is 0 Å². The number of carbonyl (C=O) groups is 2. The van der Waals surface area contributed by atoms with E-state index in [1.54, 1.807) is 21.7 Å². The Bertz CT molecular complexity index is 1190. The SMILES string of the molecule is O=C(NCc1cn(CC(=O)N2CCOCC2)c2ccc(F)cc12)Nc1ccc(C(F)(F)F)cc1. The number of ether oxygens (including phenoxy) is 1. The van der Waals surface area contributed by atoms with E-state index in [9.17, 15) is 27.2 Å². The molecule has 11 heteroatoms. The van der Waals surface area contributed by atoms with Gasteiger partial charge in [0.25, 0.3) is 0 Å². The van der Waals surface area contributed by atoms with Gasteiger partial charge in [-0.25, -0.2) is 9.18 Å². The van der Waals surface area contributed by atoms with Gasteiger partial charge < -0.3 is 24.8 Å². The van der Waals surface area contributed by atoms with Gasteiger partial charge in [-0.1, -0.05) is 0 Å². The smallest absolute Gasteiger partial charge is 0.378 e. The number of morpholine rings is 1. The van der Waals surface area contributed by atoms with Crippen LogP contribution in [0.5, 0.6) is 0 Å². The summed E-state index contributed by atoms with van der Waals surface area (Å²) in [6.07, 6.45) is -2.78. The Balaban J connectivity index is 1.44. The fourth-order valence-corrected chi connectivity index (χ4v) is 3.77. The van der Waals surface area contributed by atoms with E-state index in [4.69, 9.17) is 4.74 Å². The summed E-state index contributed by atoms with van der Waals surface area (Å²) in [7, 11) is 0. The van der Waals surface area contributed by atoms with Crippen molar-refractivity contribution in [2.75, 3.05) is 31.6 Å². The summed E-state index contributed by atoms with van der Waals surface area (Å²) in [5.74, 6) is -0.552. The summed E-state index contributed by atoms with van der Waals surface area (Å²) in [5, 5.41) is 5.62. The number of hydrogen-bond acceptors (Lipinski definition) is 3. The van der Waals surface area contributed by atoms with Crippen molar-refractivity contribution in [3.63, 3.8) is 0 Å². The molecule has 2 heterocycles. The quantitative estimate of drug-likeness (QED) is 0.545. The Hall–Kier alpha value is -3.60. The van der Waals surface area contributed by atoms with Crippen molar-refractivity contribution in [2.24, 2.45) is 0 Å². The lowest BCUT2D eigenvalue weighted by molar-refractivity contribution is -0.137. The highest BCUT2D eigenvalue weighted by Gasteiger charge is 2.30. The molecule has 1 aliphatic heterocycles. The summed E-state index contributed by atoms with van der Waals surface area (Å²) in [4.78, 5) is 26.6. The Labute approximate surface area is 192 Å². The standard InChI is InChI=1S/C23H22F4N4O3/c24-17-3-6-20-19(11-17)15(13-31(20)14-21(32)30-7-9-34-10-8-30)12-28-22(33)29-18-4-1-16(2-5-18)23(25,26)27/h1-6,11,13H,7-10,12,14H2,(H2,28,29,33). The van der Waals surface area contributed by atoms with Gasteiger partial charge in [0.1, 0.15) is 12.4 Å². The number of halogens is 4. The Morgan fingerprint density at radius 2 is 1.74 bits per heavy atom. The number of fused-ring (bicyclic) bond motifs is 1. The second-order valence-corrected chi connectivity index (χ2v) is 7.82. The first-order chi connectivity index (χ1) is 16.2. The van der Waals surface area contributed by atoms with Gasteiger partial charge in [-0.2, -0.15) is 13.2 Å². The molecular formula is C23H22F4N4O3. The molecule has 3 aromatic rings. The van der Waals surface area contributed by atoms with Crippen molar-refractivity contribution in [3.05, 3.63) is 65.6 Å². The third-order valence-electron chi connectivity index (χ3n) is 5.50. The molecule has 2 N–H and O–H groups in total. The zero-order chi connectivity index (χ0) is 24.3. The maximum atomic E-state index is 13.9. The van der Waals surface area contributed by atoms with Gasteiger partial charge in [0.15, 0.2) is 0 Å². The van der Waals surface area contributed by atoms with E-state index in [2.05, 4.69) is 10.6 Å². The lowest BCUT2D eigenvalue weighted by atomic mass is 10.1. The zero-order valence-electron chi connectivity index (χ0n) is 18.0. The van der Waals surface area contributed by atoms with Gasteiger partial charge in [-0.3, -0.25) is 4.79 Å². The topological polar surface area (TPSA) is 75.6 Å². The molecule has 1 fully saturated rings. The van der Waals surface area contributed by atoms with Crippen LogP contribution in [0.15, 0.2) is 48.7 Å². The number of carbonyl (C=O) groups excluding carboxylic acids is 2. The Morgan fingerprint density at radius 1 is 1.03 bits per heavy atom. The first-order valence-corrected chi connectivity index (χ1v) is 10.6. The first kappa shape index (κ1) is 23.6. The van der Waals surface area contributed by atoms with Crippen molar-refractivity contribution < 1.29 is 31.9 Å². The Morgan fingerprint density at radius 3 is 2.41 bits per heavy atom. The molecule has 0 radical (unpaired) electrons. The van der Waals surface area contributed by atoms with Gasteiger partial charge in [0, 0.05) is 42.4 Å². The van der Waals surface area contributed by atoms with Gasteiger partial charge in [0.2, 0.25) is 5.91 Å². The first-order valence-electron chi connectivity index (χ1n) is 10.6. The van der Waals surface area contributed by atoms with E-state index in [1.165, 1.54) is 12.1 Å². The van der Waals surface area contributed by atoms with E-state index in [0.29, 0.717) is 42.8 Å². The third kappa shape index (κ3) is 5.48. The molecule has 1 aromatic heterocycles. The van der Waals surface area contributed by atoms with Crippen LogP contribution in [-0.2, 0) is 28.8 Å². The molecule has 0 bridgehead atoms. The molecule has 1 aliphatic rings. The van der Waals surface area contributed by atoms with Gasteiger partial charge >= 0.3 is 12.2 Å². The van der Waals surface area contributed by atoms with Crippen molar-refractivity contribution in [1.29, 1.82) is 0 Å². The second kappa shape index (κ2) is 9.72. The van der Waals surface area contributed by atoms with Crippen LogP contribution in [0.4, 0.5) is 28.0 Å². The monoisotopic (exact) mass is 478 g/mol. The highest BCUT2D eigenvalue weighted by molar-refractivity contribution is 5.90. The maximum Gasteiger partial charge on any atom is 0.416 e. The largest absolute Gasteiger partial charge is 0.416 e. The second-order valence-electron chi connectivity index (χ2n) is 7.82. The molecule has 2 aromatic carbocycles. The van der Waals surface area contributed by atoms with E-state index in [0.717, 1.165) is 24.3 Å². The lowest BCUT2D eigenvalue weighted by Gasteiger charge is -2.27. The summed E-state index contributed by atoms with van der Waals surface area (Å²) in [5.41, 5.74) is 0.602. The number of alkyl halides is 3. The number of benzene rings is 2. The minimum absolute atomic E-state index is 0.0190. The molecule has 0 spiro atoms.